The molecule has 2 unspecified atom stereocenters. The van der Waals surface area contributed by atoms with Gasteiger partial charge in [0.05, 0.1) is 12.7 Å². The number of carbonyl (C=O) groups excluding carboxylic acids is 1. The molecule has 0 aromatic heterocycles. The Hall–Kier alpha value is -0.610. The molecule has 70 valence electrons. The van der Waals surface area contributed by atoms with Crippen LogP contribution >= 0.6 is 0 Å². The highest BCUT2D eigenvalue weighted by Crippen LogP contribution is 2.20. The minimum absolute atomic E-state index is 0.350. The second kappa shape index (κ2) is 3.41. The first-order chi connectivity index (χ1) is 5.61. The zero-order chi connectivity index (χ0) is 9.19. The van der Waals surface area contributed by atoms with E-state index in [1.54, 1.807) is 13.8 Å². The third kappa shape index (κ3) is 1.44. The summed E-state index contributed by atoms with van der Waals surface area (Å²) in [4.78, 5) is 11.3. The van der Waals surface area contributed by atoms with Crippen molar-refractivity contribution in [3.05, 3.63) is 0 Å². The second-order valence-corrected chi connectivity index (χ2v) is 3.15. The van der Waals surface area contributed by atoms with E-state index in [4.69, 9.17) is 4.74 Å². The first kappa shape index (κ1) is 9.48. The maximum absolute atomic E-state index is 11.3. The molecule has 0 amide bonds. The third-order valence-corrected chi connectivity index (χ3v) is 2.28. The molecule has 4 heteroatoms. The number of carbonyl (C=O) groups is 1. The van der Waals surface area contributed by atoms with Gasteiger partial charge in [0.1, 0.15) is 5.54 Å². The quantitative estimate of drug-likeness (QED) is 0.561. The third-order valence-electron chi connectivity index (χ3n) is 2.28. The van der Waals surface area contributed by atoms with Crippen molar-refractivity contribution in [3.63, 3.8) is 0 Å². The van der Waals surface area contributed by atoms with Gasteiger partial charge in [-0.1, -0.05) is 0 Å². The number of hydrogen-bond acceptors (Lipinski definition) is 4. The fourth-order valence-electron chi connectivity index (χ4n) is 1.36. The van der Waals surface area contributed by atoms with Gasteiger partial charge in [-0.2, -0.15) is 0 Å². The van der Waals surface area contributed by atoms with Gasteiger partial charge < -0.3 is 9.84 Å². The van der Waals surface area contributed by atoms with Crippen LogP contribution < -0.4 is 5.32 Å². The van der Waals surface area contributed by atoms with Crippen LogP contribution in [0.5, 0.6) is 0 Å². The van der Waals surface area contributed by atoms with E-state index in [0.29, 0.717) is 19.6 Å². The van der Waals surface area contributed by atoms with E-state index >= 15 is 0 Å². The van der Waals surface area contributed by atoms with Gasteiger partial charge in [0.15, 0.2) is 0 Å². The molecule has 1 rings (SSSR count). The van der Waals surface area contributed by atoms with E-state index in [9.17, 15) is 9.90 Å². The lowest BCUT2D eigenvalue weighted by molar-refractivity contribution is -0.153. The normalized spacial score (nSPS) is 35.1. The average Bonchev–Trinajstić information content (AvgIpc) is 2.34. The van der Waals surface area contributed by atoms with Crippen LogP contribution in [0.3, 0.4) is 0 Å². The molecule has 2 N–H and O–H groups in total. The number of ether oxygens (including phenoxy) is 1. The van der Waals surface area contributed by atoms with Crippen molar-refractivity contribution in [3.8, 4) is 0 Å². The van der Waals surface area contributed by atoms with Crippen LogP contribution in [0.25, 0.3) is 0 Å². The van der Waals surface area contributed by atoms with Crippen molar-refractivity contribution in [2.75, 3.05) is 13.2 Å². The number of nitrogens with one attached hydrogen (secondary N) is 1. The lowest BCUT2D eigenvalue weighted by atomic mass is 9.97. The molecular formula is C8H15NO3. The average molecular weight is 173 g/mol. The van der Waals surface area contributed by atoms with Crippen LogP contribution in [0.15, 0.2) is 0 Å². The molecule has 1 aliphatic rings. The van der Waals surface area contributed by atoms with Crippen molar-refractivity contribution < 1.29 is 14.6 Å². The molecule has 0 aromatic carbocycles. The topological polar surface area (TPSA) is 58.6 Å². The highest BCUT2D eigenvalue weighted by atomic mass is 16.5. The molecular weight excluding hydrogens is 158 g/mol. The molecule has 1 aliphatic heterocycles. The Bertz CT molecular complexity index is 183. The lowest BCUT2D eigenvalue weighted by Crippen LogP contribution is -2.52. The highest BCUT2D eigenvalue weighted by Gasteiger charge is 2.45. The van der Waals surface area contributed by atoms with Gasteiger partial charge in [-0.25, -0.2) is 4.79 Å². The molecule has 0 aliphatic carbocycles. The van der Waals surface area contributed by atoms with E-state index in [1.807, 2.05) is 0 Å². The van der Waals surface area contributed by atoms with Gasteiger partial charge in [0.2, 0.25) is 0 Å². The van der Waals surface area contributed by atoms with Gasteiger partial charge >= 0.3 is 5.97 Å². The van der Waals surface area contributed by atoms with Crippen LogP contribution in [0, 0.1) is 0 Å². The molecule has 12 heavy (non-hydrogen) atoms. The monoisotopic (exact) mass is 173 g/mol. The highest BCUT2D eigenvalue weighted by molar-refractivity contribution is 5.81. The molecule has 0 spiro atoms. The van der Waals surface area contributed by atoms with E-state index < -0.39 is 11.6 Å². The number of hydrogen-bond donors (Lipinski definition) is 2. The maximum atomic E-state index is 11.3. The molecule has 0 radical (unpaired) electrons. The Labute approximate surface area is 71.9 Å². The molecule has 0 saturated carbocycles. The summed E-state index contributed by atoms with van der Waals surface area (Å²) in [6.07, 6.45) is -0.0217. The fourth-order valence-corrected chi connectivity index (χ4v) is 1.36. The summed E-state index contributed by atoms with van der Waals surface area (Å²) in [5, 5.41) is 12.4. The number of aliphatic hydroxyl groups excluding tert-OH is 1. The lowest BCUT2D eigenvalue weighted by Gasteiger charge is -2.25. The Morgan fingerprint density at radius 1 is 1.83 bits per heavy atom. The van der Waals surface area contributed by atoms with E-state index in [-0.39, 0.29) is 5.97 Å². The second-order valence-electron chi connectivity index (χ2n) is 3.15. The van der Waals surface area contributed by atoms with Crippen LogP contribution in [0.2, 0.25) is 0 Å². The molecule has 1 saturated heterocycles. The summed E-state index contributed by atoms with van der Waals surface area (Å²) >= 11 is 0. The van der Waals surface area contributed by atoms with E-state index in [1.165, 1.54) is 0 Å². The largest absolute Gasteiger partial charge is 0.465 e. The maximum Gasteiger partial charge on any atom is 0.328 e. The molecule has 1 fully saturated rings. The zero-order valence-electron chi connectivity index (χ0n) is 7.46. The van der Waals surface area contributed by atoms with Gasteiger partial charge in [0.25, 0.3) is 0 Å². The van der Waals surface area contributed by atoms with Crippen molar-refractivity contribution in [2.24, 2.45) is 0 Å². The molecule has 1 heterocycles. The Morgan fingerprint density at radius 2 is 2.50 bits per heavy atom. The molecule has 0 bridgehead atoms. The van der Waals surface area contributed by atoms with Gasteiger partial charge in [0, 0.05) is 0 Å². The van der Waals surface area contributed by atoms with E-state index in [2.05, 4.69) is 5.32 Å². The van der Waals surface area contributed by atoms with Crippen LogP contribution in [0.1, 0.15) is 20.3 Å². The van der Waals surface area contributed by atoms with Gasteiger partial charge in [-0.3, -0.25) is 5.32 Å². The summed E-state index contributed by atoms with van der Waals surface area (Å²) in [5.41, 5.74) is -0.893. The van der Waals surface area contributed by atoms with Gasteiger partial charge in [-0.15, -0.1) is 0 Å². The summed E-state index contributed by atoms with van der Waals surface area (Å²) in [7, 11) is 0. The summed E-state index contributed by atoms with van der Waals surface area (Å²) in [6, 6.07) is 0. The Morgan fingerprint density at radius 3 is 2.92 bits per heavy atom. The summed E-state index contributed by atoms with van der Waals surface area (Å²) in [6.45, 7) is 4.44. The fraction of sp³-hybridized carbons (Fsp3) is 0.875. The number of esters is 1. The SMILES string of the molecule is CCOC(=O)C1(C)NCCC1O. The van der Waals surface area contributed by atoms with Gasteiger partial charge in [-0.05, 0) is 26.8 Å². The number of aliphatic hydroxyl groups is 1. The first-order valence-electron chi connectivity index (χ1n) is 4.21. The van der Waals surface area contributed by atoms with Crippen LogP contribution in [0.4, 0.5) is 0 Å². The zero-order valence-corrected chi connectivity index (χ0v) is 7.46. The number of rotatable bonds is 2. The molecule has 4 nitrogen and oxygen atoms in total. The molecule has 2 atom stereocenters. The Balaban J connectivity index is 2.63. The van der Waals surface area contributed by atoms with Crippen molar-refractivity contribution in [1.82, 2.24) is 5.32 Å². The van der Waals surface area contributed by atoms with Crippen molar-refractivity contribution in [1.29, 1.82) is 0 Å². The predicted molar refractivity (Wildman–Crippen MR) is 43.7 cm³/mol. The smallest absolute Gasteiger partial charge is 0.328 e. The predicted octanol–water partition coefficient (Wildman–Crippen LogP) is -0.338. The minimum Gasteiger partial charge on any atom is -0.465 e. The van der Waals surface area contributed by atoms with E-state index in [0.717, 1.165) is 0 Å². The Kier molecular flexibility index (Phi) is 2.69. The van der Waals surface area contributed by atoms with Crippen molar-refractivity contribution >= 4 is 5.97 Å². The summed E-state index contributed by atoms with van der Waals surface area (Å²) in [5.74, 6) is -0.366. The first-order valence-corrected chi connectivity index (χ1v) is 4.21. The van der Waals surface area contributed by atoms with Crippen LogP contribution in [-0.2, 0) is 9.53 Å². The standard InChI is InChI=1S/C8H15NO3/c1-3-12-7(11)8(2)6(10)4-5-9-8/h6,9-10H,3-5H2,1-2H3. The molecule has 0 aromatic rings. The summed E-state index contributed by atoms with van der Waals surface area (Å²) < 4.78 is 4.84. The van der Waals surface area contributed by atoms with Crippen LogP contribution in [-0.4, -0.2) is 35.9 Å². The van der Waals surface area contributed by atoms with Crippen molar-refractivity contribution in [2.45, 2.75) is 31.9 Å². The minimum atomic E-state index is -0.893.